The number of nitrogens with one attached hydrogen (secondary N) is 1. The van der Waals surface area contributed by atoms with Gasteiger partial charge in [0.25, 0.3) is 0 Å². The molecule has 0 amide bonds. The van der Waals surface area contributed by atoms with Crippen molar-refractivity contribution >= 4 is 10.9 Å². The van der Waals surface area contributed by atoms with Gasteiger partial charge in [-0.05, 0) is 36.3 Å². The van der Waals surface area contributed by atoms with Gasteiger partial charge in [0.05, 0.1) is 6.20 Å². The van der Waals surface area contributed by atoms with Gasteiger partial charge >= 0.3 is 0 Å². The van der Waals surface area contributed by atoms with E-state index in [0.717, 1.165) is 13.0 Å². The Balaban J connectivity index is 1.70. The van der Waals surface area contributed by atoms with Crippen molar-refractivity contribution in [3.05, 3.63) is 48.4 Å². The maximum atomic E-state index is 4.13. The van der Waals surface area contributed by atoms with Gasteiger partial charge in [-0.15, -0.1) is 5.10 Å². The number of hydrogen-bond donors (Lipinski definition) is 1. The quantitative estimate of drug-likeness (QED) is 0.633. The Kier molecular flexibility index (Phi) is 4.88. The molecular weight excluding hydrogens is 272 g/mol. The van der Waals surface area contributed by atoms with Crippen LogP contribution in [0.25, 0.3) is 10.9 Å². The lowest BCUT2D eigenvalue weighted by Crippen LogP contribution is -2.14. The Morgan fingerprint density at radius 2 is 2.14 bits per heavy atom. The van der Waals surface area contributed by atoms with E-state index in [0.29, 0.717) is 5.92 Å². The minimum Gasteiger partial charge on any atom is -0.358 e. The van der Waals surface area contributed by atoms with E-state index in [1.165, 1.54) is 42.3 Å². The summed E-state index contributed by atoms with van der Waals surface area (Å²) in [5, 5.41) is 9.34. The summed E-state index contributed by atoms with van der Waals surface area (Å²) in [6, 6.07) is 10.8. The highest BCUT2D eigenvalue weighted by atomic mass is 15.4. The minimum atomic E-state index is 0.598. The van der Waals surface area contributed by atoms with Crippen LogP contribution in [-0.4, -0.2) is 20.0 Å². The minimum absolute atomic E-state index is 0.598. The molecule has 3 rings (SSSR count). The van der Waals surface area contributed by atoms with Gasteiger partial charge in [-0.1, -0.05) is 49.6 Å². The number of para-hydroxylation sites is 1. The smallest absolute Gasteiger partial charge is 0.0692 e. The van der Waals surface area contributed by atoms with Gasteiger partial charge in [-0.2, -0.15) is 0 Å². The van der Waals surface area contributed by atoms with Crippen LogP contribution in [0.5, 0.6) is 0 Å². The highest BCUT2D eigenvalue weighted by molar-refractivity contribution is 5.80. The van der Waals surface area contributed by atoms with E-state index in [-0.39, 0.29) is 0 Å². The van der Waals surface area contributed by atoms with Crippen LogP contribution in [0.4, 0.5) is 0 Å². The summed E-state index contributed by atoms with van der Waals surface area (Å²) >= 11 is 0. The lowest BCUT2D eigenvalue weighted by Gasteiger charge is -2.15. The predicted molar refractivity (Wildman–Crippen MR) is 89.7 cm³/mol. The first-order valence-corrected chi connectivity index (χ1v) is 8.26. The second-order valence-electron chi connectivity index (χ2n) is 6.07. The van der Waals surface area contributed by atoms with Gasteiger partial charge in [-0.3, -0.25) is 4.68 Å². The van der Waals surface area contributed by atoms with E-state index in [1.54, 1.807) is 6.20 Å². The van der Waals surface area contributed by atoms with Crippen LogP contribution in [-0.2, 0) is 13.0 Å². The number of benzene rings is 1. The molecule has 2 aromatic heterocycles. The van der Waals surface area contributed by atoms with E-state index < -0.39 is 0 Å². The molecular formula is C18H24N4. The third-order valence-electron chi connectivity index (χ3n) is 4.23. The number of aromatic amines is 1. The molecule has 0 aliphatic carbocycles. The summed E-state index contributed by atoms with van der Waals surface area (Å²) in [5.41, 5.74) is 2.55. The zero-order chi connectivity index (χ0) is 15.2. The molecule has 1 aromatic carbocycles. The van der Waals surface area contributed by atoms with Crippen LogP contribution in [0.15, 0.2) is 42.7 Å². The Bertz CT molecular complexity index is 651. The second kappa shape index (κ2) is 7.25. The Morgan fingerprint density at radius 3 is 2.91 bits per heavy atom. The number of H-pyrrole nitrogens is 1. The van der Waals surface area contributed by atoms with Gasteiger partial charge < -0.3 is 4.98 Å². The third-order valence-corrected chi connectivity index (χ3v) is 4.23. The molecule has 0 radical (unpaired) electrons. The molecule has 0 aliphatic rings. The van der Waals surface area contributed by atoms with Gasteiger partial charge in [0.1, 0.15) is 0 Å². The summed E-state index contributed by atoms with van der Waals surface area (Å²) in [4.78, 5) is 3.55. The molecule has 0 fully saturated rings. The van der Waals surface area contributed by atoms with Gasteiger partial charge in [0, 0.05) is 24.0 Å². The average molecular weight is 296 g/mol. The third kappa shape index (κ3) is 3.75. The van der Waals surface area contributed by atoms with Crippen molar-refractivity contribution in [3.63, 3.8) is 0 Å². The van der Waals surface area contributed by atoms with Gasteiger partial charge in [-0.25, -0.2) is 0 Å². The second-order valence-corrected chi connectivity index (χ2v) is 6.07. The van der Waals surface area contributed by atoms with Crippen LogP contribution in [0.3, 0.4) is 0 Å². The molecule has 1 N–H and O–H groups in total. The molecule has 4 nitrogen and oxygen atoms in total. The van der Waals surface area contributed by atoms with Crippen molar-refractivity contribution in [2.45, 2.75) is 45.6 Å². The molecule has 1 atom stereocenters. The zero-order valence-corrected chi connectivity index (χ0v) is 13.2. The normalized spacial score (nSPS) is 12.8. The summed E-state index contributed by atoms with van der Waals surface area (Å²) in [5.74, 6) is 0.598. The Labute approximate surface area is 131 Å². The number of fused-ring (bicyclic) bond motifs is 1. The highest BCUT2D eigenvalue weighted by Crippen LogP contribution is 2.21. The maximum absolute atomic E-state index is 4.13. The average Bonchev–Trinajstić information content (AvgIpc) is 3.16. The molecule has 4 heteroatoms. The van der Waals surface area contributed by atoms with Crippen LogP contribution in [0.2, 0.25) is 0 Å². The standard InChI is InChI=1S/C18H24N4/c1-2-3-4-7-15(14-22-11-10-19-21-22)12-17-13-16-8-5-6-9-18(16)20-17/h5-6,8-11,13,15,20H,2-4,7,12,14H2,1H3. The molecule has 2 heterocycles. The van der Waals surface area contributed by atoms with Crippen molar-refractivity contribution < 1.29 is 0 Å². The molecule has 22 heavy (non-hydrogen) atoms. The lowest BCUT2D eigenvalue weighted by atomic mass is 9.96. The van der Waals surface area contributed by atoms with Crippen molar-refractivity contribution in [1.29, 1.82) is 0 Å². The van der Waals surface area contributed by atoms with E-state index in [1.807, 2.05) is 10.9 Å². The summed E-state index contributed by atoms with van der Waals surface area (Å²) in [7, 11) is 0. The van der Waals surface area contributed by atoms with Gasteiger partial charge in [0.2, 0.25) is 0 Å². The molecule has 0 saturated carbocycles. The van der Waals surface area contributed by atoms with E-state index in [4.69, 9.17) is 0 Å². The Morgan fingerprint density at radius 1 is 1.23 bits per heavy atom. The monoisotopic (exact) mass is 296 g/mol. The van der Waals surface area contributed by atoms with Crippen molar-refractivity contribution in [1.82, 2.24) is 20.0 Å². The first-order chi connectivity index (χ1) is 10.8. The van der Waals surface area contributed by atoms with Crippen LogP contribution >= 0.6 is 0 Å². The first kappa shape index (κ1) is 14.8. The fourth-order valence-electron chi connectivity index (χ4n) is 3.09. The molecule has 0 aliphatic heterocycles. The SMILES string of the molecule is CCCCCC(Cc1cc2ccccc2[nH]1)Cn1ccnn1. The molecule has 0 saturated heterocycles. The molecule has 116 valence electrons. The number of rotatable bonds is 8. The summed E-state index contributed by atoms with van der Waals surface area (Å²) < 4.78 is 1.96. The van der Waals surface area contributed by atoms with Crippen molar-refractivity contribution in [2.75, 3.05) is 0 Å². The van der Waals surface area contributed by atoms with Crippen molar-refractivity contribution in [3.8, 4) is 0 Å². The van der Waals surface area contributed by atoms with Gasteiger partial charge in [0.15, 0.2) is 0 Å². The van der Waals surface area contributed by atoms with Crippen LogP contribution < -0.4 is 0 Å². The number of unbranched alkanes of at least 4 members (excludes halogenated alkanes) is 2. The largest absolute Gasteiger partial charge is 0.358 e. The topological polar surface area (TPSA) is 46.5 Å². The highest BCUT2D eigenvalue weighted by Gasteiger charge is 2.13. The summed E-state index contributed by atoms with van der Waals surface area (Å²) in [6.07, 6.45) is 9.88. The Hall–Kier alpha value is -2.10. The number of hydrogen-bond acceptors (Lipinski definition) is 2. The molecule has 0 bridgehead atoms. The fourth-order valence-corrected chi connectivity index (χ4v) is 3.09. The number of aromatic nitrogens is 4. The predicted octanol–water partition coefficient (Wildman–Crippen LogP) is 4.20. The zero-order valence-electron chi connectivity index (χ0n) is 13.2. The molecule has 0 spiro atoms. The van der Waals surface area contributed by atoms with E-state index >= 15 is 0 Å². The van der Waals surface area contributed by atoms with Crippen LogP contribution in [0.1, 0.15) is 38.3 Å². The molecule has 1 unspecified atom stereocenters. The molecule has 3 aromatic rings. The van der Waals surface area contributed by atoms with E-state index in [2.05, 4.69) is 52.6 Å². The summed E-state index contributed by atoms with van der Waals surface area (Å²) in [6.45, 7) is 3.20. The van der Waals surface area contributed by atoms with Crippen molar-refractivity contribution in [2.24, 2.45) is 5.92 Å². The maximum Gasteiger partial charge on any atom is 0.0692 e. The van der Waals surface area contributed by atoms with E-state index in [9.17, 15) is 0 Å². The fraction of sp³-hybridized carbons (Fsp3) is 0.444. The lowest BCUT2D eigenvalue weighted by molar-refractivity contribution is 0.370. The number of nitrogens with zero attached hydrogens (tertiary/aromatic N) is 3. The first-order valence-electron chi connectivity index (χ1n) is 8.26. The van der Waals surface area contributed by atoms with Crippen LogP contribution in [0, 0.1) is 5.92 Å².